The van der Waals surface area contributed by atoms with Gasteiger partial charge in [-0.1, -0.05) is 13.8 Å². The van der Waals surface area contributed by atoms with Gasteiger partial charge >= 0.3 is 5.69 Å². The highest BCUT2D eigenvalue weighted by molar-refractivity contribution is 5.85. The van der Waals surface area contributed by atoms with Crippen molar-refractivity contribution in [3.63, 3.8) is 0 Å². The lowest BCUT2D eigenvalue weighted by atomic mass is 9.99. The van der Waals surface area contributed by atoms with E-state index in [0.717, 1.165) is 66.5 Å². The first-order chi connectivity index (χ1) is 16.0. The van der Waals surface area contributed by atoms with Crippen molar-refractivity contribution in [3.05, 3.63) is 46.8 Å². The summed E-state index contributed by atoms with van der Waals surface area (Å²) in [5.74, 6) is 0.666. The number of hydrogen-bond acceptors (Lipinski definition) is 5. The Labute approximate surface area is 193 Å². The molecule has 1 atom stereocenters. The first kappa shape index (κ1) is 21.7. The van der Waals surface area contributed by atoms with Crippen molar-refractivity contribution in [2.24, 2.45) is 0 Å². The van der Waals surface area contributed by atoms with Crippen LogP contribution in [0.2, 0.25) is 0 Å². The highest BCUT2D eigenvalue weighted by Gasteiger charge is 2.27. The highest BCUT2D eigenvalue weighted by Crippen LogP contribution is 2.33. The van der Waals surface area contributed by atoms with Crippen LogP contribution in [-0.4, -0.2) is 55.3 Å². The summed E-state index contributed by atoms with van der Waals surface area (Å²) in [4.78, 5) is 23.1. The number of methoxy groups -OCH3 is 1. The van der Waals surface area contributed by atoms with Gasteiger partial charge < -0.3 is 9.72 Å². The number of rotatable bonds is 6. The van der Waals surface area contributed by atoms with E-state index in [2.05, 4.69) is 52.9 Å². The average molecular weight is 449 g/mol. The fraction of sp³-hybridized carbons (Fsp3) is 0.480. The molecule has 33 heavy (non-hydrogen) atoms. The molecule has 174 valence electrons. The molecular weight excluding hydrogens is 416 g/mol. The number of benzene rings is 1. The van der Waals surface area contributed by atoms with Crippen molar-refractivity contribution in [2.75, 3.05) is 20.2 Å². The van der Waals surface area contributed by atoms with Crippen molar-refractivity contribution in [2.45, 2.75) is 58.5 Å². The Bertz CT molecular complexity index is 1350. The molecule has 8 nitrogen and oxygen atoms in total. The van der Waals surface area contributed by atoms with Gasteiger partial charge in [0.2, 0.25) is 0 Å². The van der Waals surface area contributed by atoms with Crippen LogP contribution >= 0.6 is 0 Å². The molecule has 1 aliphatic heterocycles. The smallest absolute Gasteiger partial charge is 0.326 e. The Balaban J connectivity index is 1.56. The maximum absolute atomic E-state index is 13.1. The topological polar surface area (TPSA) is 80.5 Å². The van der Waals surface area contributed by atoms with Crippen LogP contribution in [0.1, 0.15) is 51.1 Å². The SMILES string of the molecule is CCC(CC)N1CCC[C@@H](n2c(=O)[nH]c3cc(-c4cc(OC)c5ncnn5c4)c(C)cc32)C1. The molecule has 1 fully saturated rings. The van der Waals surface area contributed by atoms with Crippen molar-refractivity contribution >= 4 is 16.7 Å². The van der Waals surface area contributed by atoms with E-state index in [-0.39, 0.29) is 11.7 Å². The maximum Gasteiger partial charge on any atom is 0.326 e. The molecule has 8 heteroatoms. The lowest BCUT2D eigenvalue weighted by molar-refractivity contribution is 0.120. The summed E-state index contributed by atoms with van der Waals surface area (Å²) in [5, 5.41) is 4.28. The number of likely N-dealkylation sites (tertiary alicyclic amines) is 1. The number of fused-ring (bicyclic) bond motifs is 2. The zero-order chi connectivity index (χ0) is 23.1. The van der Waals surface area contributed by atoms with Crippen LogP contribution in [0, 0.1) is 6.92 Å². The zero-order valence-electron chi connectivity index (χ0n) is 19.8. The summed E-state index contributed by atoms with van der Waals surface area (Å²) in [7, 11) is 1.64. The minimum atomic E-state index is -0.0257. The summed E-state index contributed by atoms with van der Waals surface area (Å²) in [6, 6.07) is 6.96. The Morgan fingerprint density at radius 2 is 2.06 bits per heavy atom. The van der Waals surface area contributed by atoms with Gasteiger partial charge in [-0.05, 0) is 68.5 Å². The maximum atomic E-state index is 13.1. The van der Waals surface area contributed by atoms with Gasteiger partial charge in [0, 0.05) is 24.3 Å². The van der Waals surface area contributed by atoms with Crippen LogP contribution in [0.5, 0.6) is 5.75 Å². The van der Waals surface area contributed by atoms with Gasteiger partial charge in [0.1, 0.15) is 6.33 Å². The van der Waals surface area contributed by atoms with E-state index < -0.39 is 0 Å². The number of nitrogens with one attached hydrogen (secondary N) is 1. The van der Waals surface area contributed by atoms with Gasteiger partial charge in [-0.2, -0.15) is 5.10 Å². The van der Waals surface area contributed by atoms with Crippen LogP contribution in [-0.2, 0) is 0 Å². The average Bonchev–Trinajstić information content (AvgIpc) is 3.42. The fourth-order valence-electron chi connectivity index (χ4n) is 5.47. The lowest BCUT2D eigenvalue weighted by Gasteiger charge is -2.38. The van der Waals surface area contributed by atoms with E-state index >= 15 is 0 Å². The highest BCUT2D eigenvalue weighted by atomic mass is 16.5. The summed E-state index contributed by atoms with van der Waals surface area (Å²) in [6.07, 6.45) is 7.91. The Morgan fingerprint density at radius 1 is 1.24 bits per heavy atom. The number of aromatic nitrogens is 5. The third kappa shape index (κ3) is 3.72. The summed E-state index contributed by atoms with van der Waals surface area (Å²) >= 11 is 0. The number of aryl methyl sites for hydroxylation is 1. The zero-order valence-corrected chi connectivity index (χ0v) is 19.8. The molecule has 0 unspecified atom stereocenters. The van der Waals surface area contributed by atoms with E-state index in [4.69, 9.17) is 4.74 Å². The van der Waals surface area contributed by atoms with Crippen molar-refractivity contribution in [3.8, 4) is 16.9 Å². The number of aromatic amines is 1. The molecule has 0 spiro atoms. The summed E-state index contributed by atoms with van der Waals surface area (Å²) < 4.78 is 9.25. The molecule has 1 aromatic carbocycles. The monoisotopic (exact) mass is 448 g/mol. The minimum absolute atomic E-state index is 0.0257. The van der Waals surface area contributed by atoms with E-state index in [1.54, 1.807) is 11.6 Å². The number of pyridine rings is 1. The molecule has 1 saturated heterocycles. The van der Waals surface area contributed by atoms with Crippen molar-refractivity contribution in [1.29, 1.82) is 0 Å². The Kier molecular flexibility index (Phi) is 5.70. The van der Waals surface area contributed by atoms with Gasteiger partial charge in [0.25, 0.3) is 0 Å². The van der Waals surface area contributed by atoms with Gasteiger partial charge in [-0.25, -0.2) is 14.3 Å². The molecule has 0 aliphatic carbocycles. The molecule has 5 rings (SSSR count). The van der Waals surface area contributed by atoms with E-state index in [1.165, 1.54) is 6.33 Å². The lowest BCUT2D eigenvalue weighted by Crippen LogP contribution is -2.44. The number of ether oxygens (including phenoxy) is 1. The van der Waals surface area contributed by atoms with Gasteiger partial charge in [-0.3, -0.25) is 9.47 Å². The van der Waals surface area contributed by atoms with Crippen molar-refractivity contribution in [1.82, 2.24) is 29.0 Å². The Hall–Kier alpha value is -3.13. The fourth-order valence-corrected chi connectivity index (χ4v) is 5.47. The van der Waals surface area contributed by atoms with Crippen LogP contribution in [0.15, 0.2) is 35.5 Å². The molecular formula is C25H32N6O2. The molecule has 1 aliphatic rings. The van der Waals surface area contributed by atoms with E-state index in [1.807, 2.05) is 16.8 Å². The van der Waals surface area contributed by atoms with Gasteiger partial charge in [-0.15, -0.1) is 0 Å². The van der Waals surface area contributed by atoms with Crippen LogP contribution < -0.4 is 10.4 Å². The molecule has 4 heterocycles. The number of nitrogens with zero attached hydrogens (tertiary/aromatic N) is 5. The largest absolute Gasteiger partial charge is 0.493 e. The summed E-state index contributed by atoms with van der Waals surface area (Å²) in [6.45, 7) is 8.65. The first-order valence-electron chi connectivity index (χ1n) is 11.9. The standard InChI is InChI=1S/C25H32N6O2/c1-5-18(6-2)29-9-7-8-19(14-29)31-22-10-16(3)20(12-21(22)28-25(31)32)17-11-23(33-4)24-26-15-27-30(24)13-17/h10-13,15,18-19H,5-9,14H2,1-4H3,(H,28,32)/t19-/m1/s1. The molecule has 0 radical (unpaired) electrons. The predicted octanol–water partition coefficient (Wildman–Crippen LogP) is 4.18. The third-order valence-corrected chi connectivity index (χ3v) is 7.19. The summed E-state index contributed by atoms with van der Waals surface area (Å²) in [5.41, 5.74) is 5.60. The molecule has 0 amide bonds. The molecule has 0 saturated carbocycles. The minimum Gasteiger partial charge on any atom is -0.493 e. The normalized spacial score (nSPS) is 17.4. The van der Waals surface area contributed by atoms with Gasteiger partial charge in [0.05, 0.1) is 24.2 Å². The van der Waals surface area contributed by atoms with Gasteiger partial charge in [0.15, 0.2) is 11.4 Å². The molecule has 1 N–H and O–H groups in total. The van der Waals surface area contributed by atoms with Crippen LogP contribution in [0.25, 0.3) is 27.8 Å². The number of H-pyrrole nitrogens is 1. The van der Waals surface area contributed by atoms with Crippen LogP contribution in [0.3, 0.4) is 0 Å². The second kappa shape index (κ2) is 8.67. The second-order valence-electron chi connectivity index (χ2n) is 9.07. The van der Waals surface area contributed by atoms with E-state index in [9.17, 15) is 4.79 Å². The molecule has 3 aromatic heterocycles. The number of piperidine rings is 1. The molecule has 4 aromatic rings. The number of hydrogen-bond donors (Lipinski definition) is 1. The third-order valence-electron chi connectivity index (χ3n) is 7.19. The Morgan fingerprint density at radius 3 is 2.82 bits per heavy atom. The van der Waals surface area contributed by atoms with Crippen molar-refractivity contribution < 1.29 is 4.74 Å². The predicted molar refractivity (Wildman–Crippen MR) is 130 cm³/mol. The quantitative estimate of drug-likeness (QED) is 0.479. The number of imidazole rings is 1. The molecule has 0 bridgehead atoms. The van der Waals surface area contributed by atoms with E-state index in [0.29, 0.717) is 17.4 Å². The van der Waals surface area contributed by atoms with Crippen LogP contribution in [0.4, 0.5) is 0 Å². The second-order valence-corrected chi connectivity index (χ2v) is 9.07. The first-order valence-corrected chi connectivity index (χ1v) is 11.9.